The Morgan fingerprint density at radius 1 is 0.605 bits per heavy atom. The Labute approximate surface area is 261 Å². The Balaban J connectivity index is 4.21. The highest BCUT2D eigenvalue weighted by Crippen LogP contribution is 2.18. The molecule has 2 unspecified atom stereocenters. The lowest BCUT2D eigenvalue weighted by Gasteiger charge is -2.18. The minimum atomic E-state index is -1.38. The van der Waals surface area contributed by atoms with Gasteiger partial charge in [0.2, 0.25) is 11.8 Å². The molecule has 0 aliphatic carbocycles. The summed E-state index contributed by atoms with van der Waals surface area (Å²) in [7, 11) is 0. The SMILES string of the molecule is CCCCCCCCCCC(CCCCCCCC(=O)NCC(=O)NC(CO)C(=O)O)OC(=O)CCCCCCCCC. The number of amides is 2. The number of carbonyl (C=O) groups is 4. The molecule has 2 atom stereocenters. The minimum Gasteiger partial charge on any atom is -0.480 e. The van der Waals surface area contributed by atoms with E-state index in [4.69, 9.17) is 14.9 Å². The van der Waals surface area contributed by atoms with Gasteiger partial charge < -0.3 is 25.6 Å². The number of carboxylic acid groups (broad SMARTS) is 1. The molecule has 0 aliphatic heterocycles. The Hall–Kier alpha value is -2.16. The van der Waals surface area contributed by atoms with Crippen molar-refractivity contribution in [2.75, 3.05) is 13.2 Å². The number of rotatable bonds is 31. The normalized spacial score (nSPS) is 12.4. The molecule has 0 rings (SSSR count). The molecule has 0 fully saturated rings. The lowest BCUT2D eigenvalue weighted by molar-refractivity contribution is -0.150. The Morgan fingerprint density at radius 3 is 1.51 bits per heavy atom. The van der Waals surface area contributed by atoms with Crippen molar-refractivity contribution in [1.29, 1.82) is 0 Å². The van der Waals surface area contributed by atoms with E-state index in [-0.39, 0.29) is 24.5 Å². The maximum absolute atomic E-state index is 12.5. The fraction of sp³-hybridized carbons (Fsp3) is 0.882. The van der Waals surface area contributed by atoms with Gasteiger partial charge in [-0.15, -0.1) is 0 Å². The van der Waals surface area contributed by atoms with Crippen LogP contribution < -0.4 is 10.6 Å². The van der Waals surface area contributed by atoms with Crippen LogP contribution in [0.25, 0.3) is 0 Å². The number of aliphatic hydroxyl groups excluding tert-OH is 1. The first-order valence-electron chi connectivity index (χ1n) is 17.4. The van der Waals surface area contributed by atoms with Crippen LogP contribution in [-0.4, -0.2) is 59.3 Å². The van der Waals surface area contributed by atoms with Crippen LogP contribution >= 0.6 is 0 Å². The number of nitrogens with one attached hydrogen (secondary N) is 2. The van der Waals surface area contributed by atoms with E-state index in [0.717, 1.165) is 57.8 Å². The van der Waals surface area contributed by atoms with Crippen LogP contribution in [0.1, 0.15) is 168 Å². The van der Waals surface area contributed by atoms with Crippen LogP contribution in [0, 0.1) is 0 Å². The second-order valence-corrected chi connectivity index (χ2v) is 12.0. The van der Waals surface area contributed by atoms with E-state index in [0.29, 0.717) is 19.3 Å². The van der Waals surface area contributed by atoms with Gasteiger partial charge in [0.05, 0.1) is 13.2 Å². The van der Waals surface area contributed by atoms with Crippen LogP contribution in [0.4, 0.5) is 0 Å². The summed E-state index contributed by atoms with van der Waals surface area (Å²) < 4.78 is 5.93. The molecule has 0 spiro atoms. The second kappa shape index (κ2) is 29.9. The van der Waals surface area contributed by atoms with Crippen LogP contribution in [0.15, 0.2) is 0 Å². The number of aliphatic carboxylic acids is 1. The van der Waals surface area contributed by atoms with E-state index in [1.54, 1.807) is 0 Å². The number of aliphatic hydroxyl groups is 1. The number of unbranched alkanes of at least 4 members (excludes halogenated alkanes) is 17. The molecular formula is C34H64N2O7. The lowest BCUT2D eigenvalue weighted by Crippen LogP contribution is -2.47. The van der Waals surface area contributed by atoms with Gasteiger partial charge in [-0.05, 0) is 38.5 Å². The van der Waals surface area contributed by atoms with Gasteiger partial charge >= 0.3 is 11.9 Å². The largest absolute Gasteiger partial charge is 0.480 e. The van der Waals surface area contributed by atoms with Gasteiger partial charge in [-0.1, -0.05) is 117 Å². The van der Waals surface area contributed by atoms with Crippen molar-refractivity contribution in [1.82, 2.24) is 10.6 Å². The fourth-order valence-electron chi connectivity index (χ4n) is 5.13. The molecule has 0 heterocycles. The van der Waals surface area contributed by atoms with Gasteiger partial charge in [0.1, 0.15) is 12.1 Å². The Morgan fingerprint density at radius 2 is 1.05 bits per heavy atom. The van der Waals surface area contributed by atoms with Crippen molar-refractivity contribution >= 4 is 23.8 Å². The number of esters is 1. The van der Waals surface area contributed by atoms with Crippen molar-refractivity contribution in [3.8, 4) is 0 Å². The average Bonchev–Trinajstić information content (AvgIpc) is 2.98. The molecule has 0 aliphatic rings. The summed E-state index contributed by atoms with van der Waals surface area (Å²) in [5, 5.41) is 22.4. The molecule has 43 heavy (non-hydrogen) atoms. The quantitative estimate of drug-likeness (QED) is 0.0489. The first-order chi connectivity index (χ1) is 20.8. The Kier molecular flexibility index (Phi) is 28.4. The summed E-state index contributed by atoms with van der Waals surface area (Å²) in [6.45, 7) is 3.43. The molecular weight excluding hydrogens is 548 g/mol. The number of hydrogen-bond donors (Lipinski definition) is 4. The molecule has 0 radical (unpaired) electrons. The molecule has 2 amide bonds. The van der Waals surface area contributed by atoms with Crippen molar-refractivity contribution < 1.29 is 34.1 Å². The summed E-state index contributed by atoms with van der Waals surface area (Å²) in [6.07, 6.45) is 25.6. The highest BCUT2D eigenvalue weighted by atomic mass is 16.5. The number of ether oxygens (including phenoxy) is 1. The third-order valence-corrected chi connectivity index (χ3v) is 7.85. The smallest absolute Gasteiger partial charge is 0.328 e. The molecule has 0 saturated carbocycles. The van der Waals surface area contributed by atoms with Crippen LogP contribution in [0.5, 0.6) is 0 Å². The van der Waals surface area contributed by atoms with Crippen LogP contribution in [0.2, 0.25) is 0 Å². The molecule has 9 nitrogen and oxygen atoms in total. The predicted molar refractivity (Wildman–Crippen MR) is 172 cm³/mol. The van der Waals surface area contributed by atoms with Crippen LogP contribution in [0.3, 0.4) is 0 Å². The third kappa shape index (κ3) is 27.1. The van der Waals surface area contributed by atoms with Gasteiger partial charge in [-0.3, -0.25) is 14.4 Å². The maximum atomic E-state index is 12.5. The monoisotopic (exact) mass is 612 g/mol. The highest BCUT2D eigenvalue weighted by molar-refractivity contribution is 5.87. The summed E-state index contributed by atoms with van der Waals surface area (Å²) in [6, 6.07) is -1.38. The summed E-state index contributed by atoms with van der Waals surface area (Å²) in [4.78, 5) is 47.1. The van der Waals surface area contributed by atoms with Crippen molar-refractivity contribution in [3.63, 3.8) is 0 Å². The van der Waals surface area contributed by atoms with E-state index in [1.165, 1.54) is 77.0 Å². The second-order valence-electron chi connectivity index (χ2n) is 12.0. The molecule has 0 bridgehead atoms. The zero-order valence-corrected chi connectivity index (χ0v) is 27.5. The van der Waals surface area contributed by atoms with E-state index < -0.39 is 24.5 Å². The topological polar surface area (TPSA) is 142 Å². The van der Waals surface area contributed by atoms with E-state index in [2.05, 4.69) is 24.5 Å². The summed E-state index contributed by atoms with van der Waals surface area (Å²) in [5.41, 5.74) is 0. The molecule has 4 N–H and O–H groups in total. The van der Waals surface area contributed by atoms with Gasteiger partial charge in [0, 0.05) is 12.8 Å². The minimum absolute atomic E-state index is 0.000581. The van der Waals surface area contributed by atoms with Gasteiger partial charge in [-0.2, -0.15) is 0 Å². The zero-order chi connectivity index (χ0) is 32.0. The first-order valence-corrected chi connectivity index (χ1v) is 17.4. The summed E-state index contributed by atoms with van der Waals surface area (Å²) in [5.74, 6) is -2.29. The van der Waals surface area contributed by atoms with Gasteiger partial charge in [0.15, 0.2) is 0 Å². The molecule has 9 heteroatoms. The zero-order valence-electron chi connectivity index (χ0n) is 27.5. The van der Waals surface area contributed by atoms with Crippen molar-refractivity contribution in [2.24, 2.45) is 0 Å². The van der Waals surface area contributed by atoms with Gasteiger partial charge in [0.25, 0.3) is 0 Å². The van der Waals surface area contributed by atoms with Crippen molar-refractivity contribution in [2.45, 2.75) is 180 Å². The number of carbonyl (C=O) groups excluding carboxylic acids is 3. The fourth-order valence-corrected chi connectivity index (χ4v) is 5.13. The molecule has 0 saturated heterocycles. The van der Waals surface area contributed by atoms with Gasteiger partial charge in [-0.25, -0.2) is 4.79 Å². The lowest BCUT2D eigenvalue weighted by atomic mass is 10.0. The Bertz CT molecular complexity index is 717. The maximum Gasteiger partial charge on any atom is 0.328 e. The molecule has 0 aromatic rings. The van der Waals surface area contributed by atoms with E-state index in [1.807, 2.05) is 0 Å². The predicted octanol–water partition coefficient (Wildman–Crippen LogP) is 6.98. The standard InChI is InChI=1S/C34H64N2O7/c1-3-5-7-9-11-13-15-19-23-29(43-33(40)26-22-18-12-10-8-6-4-2)24-20-16-14-17-21-25-31(38)35-27-32(39)36-30(28-37)34(41)42/h29-30,37H,3-28H2,1-2H3,(H,35,38)(H,36,39)(H,41,42). The van der Waals surface area contributed by atoms with E-state index >= 15 is 0 Å². The van der Waals surface area contributed by atoms with Crippen molar-refractivity contribution in [3.05, 3.63) is 0 Å². The average molecular weight is 613 g/mol. The third-order valence-electron chi connectivity index (χ3n) is 7.85. The van der Waals surface area contributed by atoms with E-state index in [9.17, 15) is 19.2 Å². The molecule has 0 aromatic carbocycles. The number of carboxylic acids is 1. The summed E-state index contributed by atoms with van der Waals surface area (Å²) >= 11 is 0. The first kappa shape index (κ1) is 40.8. The van der Waals surface area contributed by atoms with Crippen LogP contribution in [-0.2, 0) is 23.9 Å². The highest BCUT2D eigenvalue weighted by Gasteiger charge is 2.19. The number of hydrogen-bond acceptors (Lipinski definition) is 6. The molecule has 0 aromatic heterocycles. The molecule has 252 valence electrons.